The maximum Gasteiger partial charge on any atom is 0.123 e. The van der Waals surface area contributed by atoms with Crippen LogP contribution < -0.4 is 0 Å². The van der Waals surface area contributed by atoms with Gasteiger partial charge in [-0.3, -0.25) is 0 Å². The summed E-state index contributed by atoms with van der Waals surface area (Å²) in [6, 6.07) is 6.36. The van der Waals surface area contributed by atoms with Crippen molar-refractivity contribution in [3.8, 4) is 0 Å². The summed E-state index contributed by atoms with van der Waals surface area (Å²) in [5, 5.41) is 0. The van der Waals surface area contributed by atoms with E-state index in [4.69, 9.17) is 4.74 Å². The lowest BCUT2D eigenvalue weighted by atomic mass is 10.2. The van der Waals surface area contributed by atoms with Crippen LogP contribution in [0.3, 0.4) is 0 Å². The van der Waals surface area contributed by atoms with Gasteiger partial charge < -0.3 is 4.74 Å². The van der Waals surface area contributed by atoms with Crippen molar-refractivity contribution in [2.75, 3.05) is 0 Å². The van der Waals surface area contributed by atoms with Gasteiger partial charge in [0.2, 0.25) is 0 Å². The highest BCUT2D eigenvalue weighted by Gasteiger charge is 1.95. The summed E-state index contributed by atoms with van der Waals surface area (Å²) in [5.74, 6) is 0.528. The van der Waals surface area contributed by atoms with Gasteiger partial charge in [0.1, 0.15) is 12.4 Å². The molecule has 14 heavy (non-hydrogen) atoms. The monoisotopic (exact) mass is 192 g/mol. The molecule has 0 saturated heterocycles. The zero-order chi connectivity index (χ0) is 10.4. The van der Waals surface area contributed by atoms with Crippen LogP contribution >= 0.6 is 0 Å². The summed E-state index contributed by atoms with van der Waals surface area (Å²) in [6.07, 6.45) is 3.42. The predicted molar refractivity (Wildman–Crippen MR) is 55.1 cm³/mol. The maximum absolute atomic E-state index is 12.8. The predicted octanol–water partition coefficient (Wildman–Crippen LogP) is 3.43. The zero-order valence-corrected chi connectivity index (χ0v) is 8.16. The minimum Gasteiger partial charge on any atom is -0.494 e. The Balaban J connectivity index is 2.53. The molecule has 0 fully saturated rings. The van der Waals surface area contributed by atoms with Crippen molar-refractivity contribution < 1.29 is 9.13 Å². The van der Waals surface area contributed by atoms with Crippen molar-refractivity contribution in [3.05, 3.63) is 60.1 Å². The quantitative estimate of drug-likeness (QED) is 0.524. The number of benzene rings is 1. The van der Waals surface area contributed by atoms with E-state index in [2.05, 4.69) is 6.58 Å². The Kier molecular flexibility index (Phi) is 3.92. The van der Waals surface area contributed by atoms with Gasteiger partial charge in [0.15, 0.2) is 0 Å². The van der Waals surface area contributed by atoms with Crippen molar-refractivity contribution in [2.45, 2.75) is 13.5 Å². The Hall–Kier alpha value is -1.57. The minimum atomic E-state index is -0.239. The van der Waals surface area contributed by atoms with Crippen molar-refractivity contribution in [1.82, 2.24) is 0 Å². The topological polar surface area (TPSA) is 9.23 Å². The molecule has 0 aliphatic rings. The fourth-order valence-corrected chi connectivity index (χ4v) is 1.04. The number of hydrogen-bond acceptors (Lipinski definition) is 1. The standard InChI is InChI=1S/C12H13FO/c1-3-5-10(2)14-9-11-6-4-7-12(13)8-11/h3-8H,1,9H2,2H3/b10-5+. The van der Waals surface area contributed by atoms with E-state index in [1.807, 2.05) is 13.0 Å². The SMILES string of the molecule is C=C/C=C(\C)OCc1cccc(F)c1. The molecule has 0 bridgehead atoms. The van der Waals surface area contributed by atoms with E-state index in [0.717, 1.165) is 11.3 Å². The Labute approximate surface area is 83.5 Å². The van der Waals surface area contributed by atoms with E-state index < -0.39 is 0 Å². The summed E-state index contributed by atoms with van der Waals surface area (Å²) < 4.78 is 18.1. The van der Waals surface area contributed by atoms with Gasteiger partial charge in [0.05, 0.1) is 5.76 Å². The molecule has 0 aliphatic heterocycles. The first kappa shape index (κ1) is 10.5. The third-order valence-electron chi connectivity index (χ3n) is 1.71. The maximum atomic E-state index is 12.8. The minimum absolute atomic E-state index is 0.239. The molecule has 1 rings (SSSR count). The zero-order valence-electron chi connectivity index (χ0n) is 8.16. The van der Waals surface area contributed by atoms with Crippen LogP contribution in [-0.4, -0.2) is 0 Å². The lowest BCUT2D eigenvalue weighted by molar-refractivity contribution is 0.200. The van der Waals surface area contributed by atoms with E-state index in [0.29, 0.717) is 6.61 Å². The average Bonchev–Trinajstić information content (AvgIpc) is 2.15. The summed E-state index contributed by atoms with van der Waals surface area (Å²) >= 11 is 0. The molecule has 0 radical (unpaired) electrons. The first-order valence-electron chi connectivity index (χ1n) is 4.39. The number of hydrogen-bond donors (Lipinski definition) is 0. The van der Waals surface area contributed by atoms with Crippen molar-refractivity contribution in [3.63, 3.8) is 0 Å². The lowest BCUT2D eigenvalue weighted by Crippen LogP contribution is -1.91. The molecule has 0 unspecified atom stereocenters. The molecule has 0 aromatic heterocycles. The van der Waals surface area contributed by atoms with Crippen LogP contribution in [0, 0.1) is 5.82 Å². The normalized spacial score (nSPS) is 11.1. The fraction of sp³-hybridized carbons (Fsp3) is 0.167. The molecule has 0 heterocycles. The summed E-state index contributed by atoms with van der Waals surface area (Å²) in [4.78, 5) is 0. The third kappa shape index (κ3) is 3.44. The van der Waals surface area contributed by atoms with Crippen LogP contribution in [0.25, 0.3) is 0 Å². The molecule has 2 heteroatoms. The average molecular weight is 192 g/mol. The van der Waals surface area contributed by atoms with Gasteiger partial charge in [-0.25, -0.2) is 4.39 Å². The molecule has 0 aliphatic carbocycles. The second kappa shape index (κ2) is 5.22. The Morgan fingerprint density at radius 2 is 2.36 bits per heavy atom. The molecule has 0 amide bonds. The van der Waals surface area contributed by atoms with Gasteiger partial charge in [0, 0.05) is 0 Å². The van der Waals surface area contributed by atoms with Gasteiger partial charge in [-0.1, -0.05) is 24.8 Å². The van der Waals surface area contributed by atoms with Crippen LogP contribution in [0.5, 0.6) is 0 Å². The van der Waals surface area contributed by atoms with Crippen LogP contribution in [0.4, 0.5) is 4.39 Å². The molecule has 0 atom stereocenters. The van der Waals surface area contributed by atoms with Crippen molar-refractivity contribution >= 4 is 0 Å². The summed E-state index contributed by atoms with van der Waals surface area (Å²) in [5.41, 5.74) is 0.821. The fourth-order valence-electron chi connectivity index (χ4n) is 1.04. The van der Waals surface area contributed by atoms with E-state index in [1.165, 1.54) is 12.1 Å². The first-order valence-corrected chi connectivity index (χ1v) is 4.39. The van der Waals surface area contributed by atoms with E-state index in [9.17, 15) is 4.39 Å². The highest BCUT2D eigenvalue weighted by Crippen LogP contribution is 2.07. The smallest absolute Gasteiger partial charge is 0.123 e. The first-order chi connectivity index (χ1) is 6.72. The Morgan fingerprint density at radius 1 is 1.57 bits per heavy atom. The Bertz CT molecular complexity index is 342. The molecular formula is C12H13FO. The molecule has 1 aromatic carbocycles. The second-order valence-corrected chi connectivity index (χ2v) is 2.93. The van der Waals surface area contributed by atoms with Crippen LogP contribution in [0.15, 0.2) is 48.8 Å². The number of ether oxygens (including phenoxy) is 1. The van der Waals surface area contributed by atoms with Crippen LogP contribution in [0.2, 0.25) is 0 Å². The number of halogens is 1. The van der Waals surface area contributed by atoms with Crippen LogP contribution in [0.1, 0.15) is 12.5 Å². The molecular weight excluding hydrogens is 179 g/mol. The molecule has 0 spiro atoms. The van der Waals surface area contributed by atoms with E-state index in [1.54, 1.807) is 18.2 Å². The van der Waals surface area contributed by atoms with Crippen molar-refractivity contribution in [2.24, 2.45) is 0 Å². The van der Waals surface area contributed by atoms with E-state index in [-0.39, 0.29) is 5.82 Å². The highest BCUT2D eigenvalue weighted by atomic mass is 19.1. The largest absolute Gasteiger partial charge is 0.494 e. The highest BCUT2D eigenvalue weighted by molar-refractivity contribution is 5.15. The third-order valence-corrected chi connectivity index (χ3v) is 1.71. The van der Waals surface area contributed by atoms with E-state index >= 15 is 0 Å². The van der Waals surface area contributed by atoms with Gasteiger partial charge >= 0.3 is 0 Å². The van der Waals surface area contributed by atoms with Gasteiger partial charge in [-0.05, 0) is 30.7 Å². The molecule has 0 saturated carbocycles. The van der Waals surface area contributed by atoms with Crippen LogP contribution in [-0.2, 0) is 11.3 Å². The number of allylic oxidation sites excluding steroid dienone is 3. The lowest BCUT2D eigenvalue weighted by Gasteiger charge is -2.05. The molecule has 1 nitrogen and oxygen atoms in total. The molecule has 1 aromatic rings. The van der Waals surface area contributed by atoms with Gasteiger partial charge in [-0.2, -0.15) is 0 Å². The number of rotatable bonds is 4. The van der Waals surface area contributed by atoms with Crippen molar-refractivity contribution in [1.29, 1.82) is 0 Å². The summed E-state index contributed by atoms with van der Waals surface area (Å²) in [7, 11) is 0. The second-order valence-electron chi connectivity index (χ2n) is 2.93. The van der Waals surface area contributed by atoms with Gasteiger partial charge in [0.25, 0.3) is 0 Å². The summed E-state index contributed by atoms with van der Waals surface area (Å²) in [6.45, 7) is 5.77. The molecule has 74 valence electrons. The Morgan fingerprint density at radius 3 is 3.00 bits per heavy atom. The molecule has 0 N–H and O–H groups in total. The van der Waals surface area contributed by atoms with Gasteiger partial charge in [-0.15, -0.1) is 0 Å².